The van der Waals surface area contributed by atoms with Gasteiger partial charge in [0.2, 0.25) is 0 Å². The Labute approximate surface area is 80.9 Å². The summed E-state index contributed by atoms with van der Waals surface area (Å²) >= 11 is 13.1. The predicted molar refractivity (Wildman–Crippen MR) is 53.8 cm³/mol. The van der Waals surface area contributed by atoms with E-state index >= 15 is 0 Å². The van der Waals surface area contributed by atoms with Gasteiger partial charge in [-0.3, -0.25) is 4.99 Å². The fraction of sp³-hybridized carbons (Fsp3) is 0.571. The van der Waals surface area contributed by atoms with Crippen molar-refractivity contribution in [2.45, 2.75) is 19.4 Å². The van der Waals surface area contributed by atoms with Crippen LogP contribution in [0.25, 0.3) is 0 Å². The number of aliphatic imine (C=N–C) groups is 1. The quantitative estimate of drug-likeness (QED) is 0.503. The number of hydrogen-bond donors (Lipinski definition) is 0. The summed E-state index contributed by atoms with van der Waals surface area (Å²) < 4.78 is 0.615. The van der Waals surface area contributed by atoms with E-state index in [2.05, 4.69) is 4.99 Å². The Bertz CT molecular complexity index is 201. The molecule has 1 rings (SSSR count). The molecule has 0 radical (unpaired) electrons. The van der Waals surface area contributed by atoms with Gasteiger partial charge in [-0.1, -0.05) is 48.0 Å². The molecule has 62 valence electrons. The Balaban J connectivity index is 2.39. The van der Waals surface area contributed by atoms with Crippen LogP contribution in [0, 0.1) is 0 Å². The van der Waals surface area contributed by atoms with E-state index < -0.39 is 0 Å². The molecule has 0 unspecified atom stereocenters. The van der Waals surface area contributed by atoms with Gasteiger partial charge in [0.15, 0.2) is 4.50 Å². The molecule has 0 aliphatic heterocycles. The minimum absolute atomic E-state index is 0.142. The van der Waals surface area contributed by atoms with Crippen molar-refractivity contribution < 1.29 is 0 Å². The molecule has 4 heteroatoms. The summed E-state index contributed by atoms with van der Waals surface area (Å²) in [5, 5.41) is 0.819. The second-order valence-electron chi connectivity index (χ2n) is 2.16. The van der Waals surface area contributed by atoms with Crippen molar-refractivity contribution >= 4 is 39.5 Å². The topological polar surface area (TPSA) is 12.4 Å². The molecule has 0 aromatic rings. The molecule has 0 heterocycles. The highest BCUT2D eigenvalue weighted by Crippen LogP contribution is 2.27. The molecule has 1 aliphatic carbocycles. The van der Waals surface area contributed by atoms with Gasteiger partial charge < -0.3 is 0 Å². The highest BCUT2D eigenvalue weighted by atomic mass is 35.5. The third-order valence-electron chi connectivity index (χ3n) is 1.38. The van der Waals surface area contributed by atoms with Gasteiger partial charge >= 0.3 is 0 Å². The summed E-state index contributed by atoms with van der Waals surface area (Å²) in [6.45, 7) is 2.04. The van der Waals surface area contributed by atoms with Crippen molar-refractivity contribution in [2.75, 3.05) is 5.75 Å². The van der Waals surface area contributed by atoms with Crippen LogP contribution >= 0.6 is 35.0 Å². The fourth-order valence-electron chi connectivity index (χ4n) is 0.706. The lowest BCUT2D eigenvalue weighted by molar-refractivity contribution is 0.758. The van der Waals surface area contributed by atoms with Gasteiger partial charge in [0.05, 0.1) is 6.04 Å². The molecule has 0 bridgehead atoms. The van der Waals surface area contributed by atoms with E-state index in [-0.39, 0.29) is 6.04 Å². The van der Waals surface area contributed by atoms with E-state index in [4.69, 9.17) is 23.2 Å². The lowest BCUT2D eigenvalue weighted by atomic mass is 10.1. The van der Waals surface area contributed by atoms with Crippen LogP contribution in [0.15, 0.2) is 16.1 Å². The Morgan fingerprint density at radius 3 is 3.00 bits per heavy atom. The fourth-order valence-corrected chi connectivity index (χ4v) is 1.82. The van der Waals surface area contributed by atoms with E-state index in [1.807, 2.05) is 13.0 Å². The van der Waals surface area contributed by atoms with Crippen molar-refractivity contribution in [2.24, 2.45) is 4.99 Å². The molecule has 0 aromatic carbocycles. The molecule has 0 fully saturated rings. The van der Waals surface area contributed by atoms with Gasteiger partial charge in [0.1, 0.15) is 0 Å². The van der Waals surface area contributed by atoms with Gasteiger partial charge in [0.25, 0.3) is 0 Å². The first kappa shape index (κ1) is 9.43. The van der Waals surface area contributed by atoms with Crippen molar-refractivity contribution in [3.63, 3.8) is 0 Å². The maximum absolute atomic E-state index is 5.78. The molecule has 0 N–H and O–H groups in total. The lowest BCUT2D eigenvalue weighted by Gasteiger charge is -2.17. The molecule has 1 aliphatic rings. The zero-order chi connectivity index (χ0) is 8.27. The Morgan fingerprint density at radius 1 is 1.91 bits per heavy atom. The highest BCUT2D eigenvalue weighted by Gasteiger charge is 2.18. The Morgan fingerprint density at radius 2 is 2.64 bits per heavy atom. The average Bonchev–Trinajstić information content (AvgIpc) is 1.98. The summed E-state index contributed by atoms with van der Waals surface area (Å²) in [7, 11) is 0. The maximum atomic E-state index is 5.78. The standard InChI is InChI=1S/C7H9Cl2NS/c1-2-11-7(9)10-6-4-3-5(6)8/h3,6H,2,4H2,1H3/t6-/m1/s1. The highest BCUT2D eigenvalue weighted by molar-refractivity contribution is 8.16. The summed E-state index contributed by atoms with van der Waals surface area (Å²) in [6.07, 6.45) is 2.88. The van der Waals surface area contributed by atoms with E-state index in [1.165, 1.54) is 0 Å². The summed E-state index contributed by atoms with van der Waals surface area (Å²) in [6, 6.07) is 0.142. The number of halogens is 2. The number of nitrogens with zero attached hydrogens (tertiary/aromatic N) is 1. The largest absolute Gasteiger partial charge is 0.258 e. The molecule has 11 heavy (non-hydrogen) atoms. The molecular formula is C7H9Cl2NS. The first-order valence-electron chi connectivity index (χ1n) is 3.45. The molecule has 0 aromatic heterocycles. The van der Waals surface area contributed by atoms with E-state index in [0.29, 0.717) is 4.50 Å². The lowest BCUT2D eigenvalue weighted by Crippen LogP contribution is -2.13. The van der Waals surface area contributed by atoms with Crippen molar-refractivity contribution in [3.05, 3.63) is 11.1 Å². The van der Waals surface area contributed by atoms with E-state index in [1.54, 1.807) is 11.8 Å². The molecule has 1 atom stereocenters. The first-order chi connectivity index (χ1) is 5.24. The normalized spacial score (nSPS) is 24.5. The van der Waals surface area contributed by atoms with Gasteiger partial charge in [-0.05, 0) is 12.2 Å². The zero-order valence-electron chi connectivity index (χ0n) is 6.18. The molecule has 1 nitrogen and oxygen atoms in total. The van der Waals surface area contributed by atoms with Gasteiger partial charge in [-0.15, -0.1) is 0 Å². The van der Waals surface area contributed by atoms with Crippen LogP contribution in [0.3, 0.4) is 0 Å². The number of thioether (sulfide) groups is 1. The minimum atomic E-state index is 0.142. The third-order valence-corrected chi connectivity index (χ3v) is 2.84. The van der Waals surface area contributed by atoms with E-state index in [0.717, 1.165) is 17.2 Å². The molecule has 0 saturated carbocycles. The van der Waals surface area contributed by atoms with Gasteiger partial charge in [-0.2, -0.15) is 0 Å². The minimum Gasteiger partial charge on any atom is -0.258 e. The summed E-state index contributed by atoms with van der Waals surface area (Å²) in [5.41, 5.74) is 0. The SMILES string of the molecule is CCSC(Cl)=N[C@@H]1CC=C1Cl. The van der Waals surface area contributed by atoms with Gasteiger partial charge in [-0.25, -0.2) is 0 Å². The first-order valence-corrected chi connectivity index (χ1v) is 5.20. The van der Waals surface area contributed by atoms with Gasteiger partial charge in [0, 0.05) is 5.03 Å². The second-order valence-corrected chi connectivity index (χ2v) is 4.43. The summed E-state index contributed by atoms with van der Waals surface area (Å²) in [4.78, 5) is 4.20. The Kier molecular flexibility index (Phi) is 3.76. The van der Waals surface area contributed by atoms with Crippen LogP contribution in [0.1, 0.15) is 13.3 Å². The second kappa shape index (κ2) is 4.39. The van der Waals surface area contributed by atoms with Crippen LogP contribution in [-0.4, -0.2) is 16.3 Å². The molecule has 0 saturated heterocycles. The third kappa shape index (κ3) is 2.69. The van der Waals surface area contributed by atoms with Crippen LogP contribution in [-0.2, 0) is 0 Å². The molecular weight excluding hydrogens is 201 g/mol. The predicted octanol–water partition coefficient (Wildman–Crippen LogP) is 3.23. The van der Waals surface area contributed by atoms with Crippen LogP contribution in [0.4, 0.5) is 0 Å². The van der Waals surface area contributed by atoms with Crippen molar-refractivity contribution in [1.29, 1.82) is 0 Å². The van der Waals surface area contributed by atoms with Crippen LogP contribution in [0.2, 0.25) is 0 Å². The Hall–Kier alpha value is 0.340. The summed E-state index contributed by atoms with van der Waals surface area (Å²) in [5.74, 6) is 0.955. The molecule has 0 amide bonds. The molecule has 0 spiro atoms. The number of hydrogen-bond acceptors (Lipinski definition) is 2. The van der Waals surface area contributed by atoms with Crippen LogP contribution < -0.4 is 0 Å². The van der Waals surface area contributed by atoms with Crippen LogP contribution in [0.5, 0.6) is 0 Å². The van der Waals surface area contributed by atoms with E-state index in [9.17, 15) is 0 Å². The smallest absolute Gasteiger partial charge is 0.158 e. The maximum Gasteiger partial charge on any atom is 0.158 e. The average molecular weight is 210 g/mol. The van der Waals surface area contributed by atoms with Crippen molar-refractivity contribution in [1.82, 2.24) is 0 Å². The zero-order valence-corrected chi connectivity index (χ0v) is 8.51. The van der Waals surface area contributed by atoms with Crippen molar-refractivity contribution in [3.8, 4) is 0 Å². The monoisotopic (exact) mass is 209 g/mol. The number of rotatable bonds is 2.